The van der Waals surface area contributed by atoms with Gasteiger partial charge in [0.05, 0.1) is 7.11 Å². The van der Waals surface area contributed by atoms with E-state index in [1.54, 1.807) is 0 Å². The van der Waals surface area contributed by atoms with Crippen molar-refractivity contribution in [1.82, 2.24) is 0 Å². The summed E-state index contributed by atoms with van der Waals surface area (Å²) in [7, 11) is -0.623. The van der Waals surface area contributed by atoms with Gasteiger partial charge in [0.1, 0.15) is 0 Å². The van der Waals surface area contributed by atoms with Crippen LogP contribution in [0.2, 0.25) is 0 Å². The van der Waals surface area contributed by atoms with Gasteiger partial charge in [0.25, 0.3) is 0 Å². The molecule has 2 unspecified atom stereocenters. The Morgan fingerprint density at radius 3 is 2.07 bits per heavy atom. The van der Waals surface area contributed by atoms with Crippen molar-refractivity contribution >= 4 is 25.2 Å². The predicted octanol–water partition coefficient (Wildman–Crippen LogP) is 0.961. The quantitative estimate of drug-likeness (QED) is 0.450. The largest absolute Gasteiger partial charge is 0.468 e. The van der Waals surface area contributed by atoms with Crippen molar-refractivity contribution in [2.24, 2.45) is 0 Å². The van der Waals surface area contributed by atoms with Gasteiger partial charge in [-0.25, -0.2) is 0 Å². The number of carbonyl (C=O) groups is 1. The number of carbonyl (C=O) groups excluding carboxylic acids is 1. The lowest BCUT2D eigenvalue weighted by atomic mass is 10.3. The van der Waals surface area contributed by atoms with E-state index >= 15 is 0 Å². The lowest BCUT2D eigenvalue weighted by Gasteiger charge is -2.31. The lowest BCUT2D eigenvalue weighted by molar-refractivity contribution is -0.143. The number of alkyl halides is 1. The van der Waals surface area contributed by atoms with Crippen molar-refractivity contribution in [3.63, 3.8) is 0 Å². The first-order chi connectivity index (χ1) is 6.76. The number of aliphatic hydroxyl groups is 1. The van der Waals surface area contributed by atoms with Gasteiger partial charge in [-0.15, -0.1) is 11.6 Å². The standard InChI is InChI=1S/C7H14ClO6P/c1-7(10,5(8)6(9)12-2)15(11,13-3)14-4/h5,10H,1-4H3. The third-order valence-corrected chi connectivity index (χ3v) is 5.01. The van der Waals surface area contributed by atoms with E-state index in [2.05, 4.69) is 13.8 Å². The smallest absolute Gasteiger partial charge is 0.363 e. The SMILES string of the molecule is COC(=O)C(Cl)C(C)(O)P(=O)(OC)OC. The van der Waals surface area contributed by atoms with E-state index in [0.717, 1.165) is 28.3 Å². The summed E-state index contributed by atoms with van der Waals surface area (Å²) in [6, 6.07) is 0. The second-order valence-corrected chi connectivity index (χ2v) is 5.91. The molecule has 0 aliphatic heterocycles. The van der Waals surface area contributed by atoms with E-state index < -0.39 is 24.3 Å². The molecule has 15 heavy (non-hydrogen) atoms. The third kappa shape index (κ3) is 2.71. The molecule has 0 aliphatic rings. The predicted molar refractivity (Wildman–Crippen MR) is 53.9 cm³/mol. The van der Waals surface area contributed by atoms with Crippen molar-refractivity contribution < 1.29 is 28.3 Å². The van der Waals surface area contributed by atoms with Gasteiger partial charge >= 0.3 is 13.6 Å². The Kier molecular flexibility index (Phi) is 5.23. The van der Waals surface area contributed by atoms with Crippen LogP contribution in [0.25, 0.3) is 0 Å². The van der Waals surface area contributed by atoms with Crippen LogP contribution in [0.1, 0.15) is 6.92 Å². The molecule has 1 N–H and O–H groups in total. The van der Waals surface area contributed by atoms with Gasteiger partial charge in [-0.1, -0.05) is 0 Å². The summed E-state index contributed by atoms with van der Waals surface area (Å²) in [5.41, 5.74) is 0. The van der Waals surface area contributed by atoms with Crippen molar-refractivity contribution in [2.75, 3.05) is 21.3 Å². The monoisotopic (exact) mass is 260 g/mol. The molecule has 6 nitrogen and oxygen atoms in total. The number of esters is 1. The molecule has 0 saturated heterocycles. The summed E-state index contributed by atoms with van der Waals surface area (Å²) in [5, 5.41) is 6.15. The number of ether oxygens (including phenoxy) is 1. The number of methoxy groups -OCH3 is 1. The van der Waals surface area contributed by atoms with Crippen LogP contribution in [0, 0.1) is 0 Å². The van der Waals surface area contributed by atoms with Gasteiger partial charge in [0.2, 0.25) is 0 Å². The number of hydrogen-bond acceptors (Lipinski definition) is 6. The number of halogens is 1. The van der Waals surface area contributed by atoms with Crippen LogP contribution in [-0.4, -0.2) is 43.1 Å². The molecule has 0 fully saturated rings. The highest BCUT2D eigenvalue weighted by atomic mass is 35.5. The Morgan fingerprint density at radius 1 is 1.40 bits per heavy atom. The molecule has 0 bridgehead atoms. The Morgan fingerprint density at radius 2 is 1.80 bits per heavy atom. The highest BCUT2D eigenvalue weighted by Crippen LogP contribution is 2.59. The molecule has 2 atom stereocenters. The maximum Gasteiger partial charge on any atom is 0.363 e. The van der Waals surface area contributed by atoms with Crippen molar-refractivity contribution in [3.8, 4) is 0 Å². The van der Waals surface area contributed by atoms with E-state index in [-0.39, 0.29) is 0 Å². The molecule has 0 rings (SSSR count). The van der Waals surface area contributed by atoms with Crippen molar-refractivity contribution in [1.29, 1.82) is 0 Å². The summed E-state index contributed by atoms with van der Waals surface area (Å²) >= 11 is 5.61. The molecule has 0 spiro atoms. The van der Waals surface area contributed by atoms with Crippen LogP contribution in [0.3, 0.4) is 0 Å². The molecule has 0 radical (unpaired) electrons. The third-order valence-electron chi connectivity index (χ3n) is 1.92. The van der Waals surface area contributed by atoms with Gasteiger partial charge in [-0.2, -0.15) is 0 Å². The van der Waals surface area contributed by atoms with E-state index in [1.807, 2.05) is 0 Å². The molecule has 8 heteroatoms. The Balaban J connectivity index is 5.11. The second-order valence-electron chi connectivity index (χ2n) is 2.84. The first-order valence-corrected chi connectivity index (χ1v) is 5.90. The summed E-state index contributed by atoms with van der Waals surface area (Å²) in [5.74, 6) is -0.920. The normalized spacial score (nSPS) is 18.0. The molecule has 0 aromatic rings. The van der Waals surface area contributed by atoms with Crippen LogP contribution in [-0.2, 0) is 23.1 Å². The van der Waals surface area contributed by atoms with Crippen LogP contribution in [0.5, 0.6) is 0 Å². The van der Waals surface area contributed by atoms with E-state index in [4.69, 9.17) is 11.6 Å². The fourth-order valence-corrected chi connectivity index (χ4v) is 2.63. The zero-order chi connectivity index (χ0) is 12.3. The number of rotatable bonds is 5. The zero-order valence-corrected chi connectivity index (χ0v) is 10.5. The number of hydrogen-bond donors (Lipinski definition) is 1. The summed E-state index contributed by atoms with van der Waals surface area (Å²) in [4.78, 5) is 11.1. The van der Waals surface area contributed by atoms with Gasteiger partial charge in [-0.3, -0.25) is 9.36 Å². The van der Waals surface area contributed by atoms with Crippen LogP contribution in [0.15, 0.2) is 0 Å². The molecule has 0 aromatic heterocycles. The highest BCUT2D eigenvalue weighted by Gasteiger charge is 2.53. The maximum atomic E-state index is 11.8. The molecule has 90 valence electrons. The fraction of sp³-hybridized carbons (Fsp3) is 0.857. The lowest BCUT2D eigenvalue weighted by Crippen LogP contribution is -2.42. The summed E-state index contributed by atoms with van der Waals surface area (Å²) in [6.07, 6.45) is 0. The maximum absolute atomic E-state index is 11.8. The fourth-order valence-electron chi connectivity index (χ4n) is 0.910. The zero-order valence-electron chi connectivity index (χ0n) is 8.89. The summed E-state index contributed by atoms with van der Waals surface area (Å²) in [6.45, 7) is 1.08. The molecule has 0 heterocycles. The molecule has 0 amide bonds. The minimum atomic E-state index is -3.88. The first kappa shape index (κ1) is 14.9. The van der Waals surface area contributed by atoms with E-state index in [1.165, 1.54) is 0 Å². The first-order valence-electron chi connectivity index (χ1n) is 3.92. The van der Waals surface area contributed by atoms with E-state index in [9.17, 15) is 14.5 Å². The Labute approximate surface area is 93.0 Å². The molecule has 0 saturated carbocycles. The van der Waals surface area contributed by atoms with Crippen LogP contribution < -0.4 is 0 Å². The molecular formula is C7H14ClO6P. The summed E-state index contributed by atoms with van der Waals surface area (Å²) < 4.78 is 25.3. The van der Waals surface area contributed by atoms with Crippen molar-refractivity contribution in [3.05, 3.63) is 0 Å². The average Bonchev–Trinajstić information content (AvgIpc) is 2.25. The minimum Gasteiger partial charge on any atom is -0.468 e. The molecule has 0 aliphatic carbocycles. The molecule has 0 aromatic carbocycles. The second kappa shape index (κ2) is 5.27. The van der Waals surface area contributed by atoms with Crippen molar-refractivity contribution in [2.45, 2.75) is 17.6 Å². The topological polar surface area (TPSA) is 82.1 Å². The van der Waals surface area contributed by atoms with Crippen LogP contribution in [0.4, 0.5) is 0 Å². The minimum absolute atomic E-state index is 0.920. The Hall–Kier alpha value is -0.130. The van der Waals surface area contributed by atoms with Gasteiger partial charge < -0.3 is 18.9 Å². The van der Waals surface area contributed by atoms with Gasteiger partial charge in [0, 0.05) is 14.2 Å². The van der Waals surface area contributed by atoms with Gasteiger partial charge in [0.15, 0.2) is 10.7 Å². The van der Waals surface area contributed by atoms with Gasteiger partial charge in [-0.05, 0) is 6.92 Å². The highest BCUT2D eigenvalue weighted by molar-refractivity contribution is 7.55. The van der Waals surface area contributed by atoms with Crippen LogP contribution >= 0.6 is 19.2 Å². The molecular weight excluding hydrogens is 246 g/mol. The average molecular weight is 261 g/mol. The Bertz CT molecular complexity index is 271. The van der Waals surface area contributed by atoms with E-state index in [0.29, 0.717) is 0 Å².